The zero-order valence-corrected chi connectivity index (χ0v) is 18.2. The summed E-state index contributed by atoms with van der Waals surface area (Å²) < 4.78 is 11.7. The molecule has 3 aromatic rings. The van der Waals surface area contributed by atoms with Crippen molar-refractivity contribution in [1.82, 2.24) is 0 Å². The quantitative estimate of drug-likeness (QED) is 0.291. The molecule has 0 fully saturated rings. The van der Waals surface area contributed by atoms with Crippen LogP contribution in [-0.2, 0) is 6.61 Å². The van der Waals surface area contributed by atoms with Gasteiger partial charge in [0.15, 0.2) is 11.5 Å². The minimum Gasteiger partial charge on any atom is -0.490 e. The van der Waals surface area contributed by atoms with Crippen molar-refractivity contribution in [3.05, 3.63) is 93.0 Å². The van der Waals surface area contributed by atoms with Gasteiger partial charge in [-0.25, -0.2) is 0 Å². The number of benzene rings is 3. The van der Waals surface area contributed by atoms with Crippen LogP contribution in [0.15, 0.2) is 60.7 Å². The van der Waals surface area contributed by atoms with E-state index in [0.29, 0.717) is 57.0 Å². The van der Waals surface area contributed by atoms with Gasteiger partial charge in [-0.2, -0.15) is 10.5 Å². The normalized spacial score (nSPS) is 10.8. The van der Waals surface area contributed by atoms with Crippen LogP contribution in [0.5, 0.6) is 11.5 Å². The molecule has 0 aliphatic heterocycles. The second-order valence-corrected chi connectivity index (χ2v) is 7.38. The predicted molar refractivity (Wildman–Crippen MR) is 123 cm³/mol. The van der Waals surface area contributed by atoms with Crippen molar-refractivity contribution in [2.24, 2.45) is 0 Å². The van der Waals surface area contributed by atoms with Gasteiger partial charge in [0.05, 0.1) is 34.9 Å². The molecule has 3 aromatic carbocycles. The van der Waals surface area contributed by atoms with Crippen LogP contribution in [0.4, 0.5) is 0 Å². The summed E-state index contributed by atoms with van der Waals surface area (Å²) in [6.07, 6.45) is 1.70. The van der Waals surface area contributed by atoms with Crippen molar-refractivity contribution in [2.75, 3.05) is 6.61 Å². The summed E-state index contributed by atoms with van der Waals surface area (Å²) in [5.74, 6) is 0.916. The van der Waals surface area contributed by atoms with Crippen LogP contribution in [0.25, 0.3) is 11.6 Å². The van der Waals surface area contributed by atoms with E-state index in [0.717, 1.165) is 5.56 Å². The van der Waals surface area contributed by atoms with Crippen molar-refractivity contribution in [3.63, 3.8) is 0 Å². The number of rotatable bonds is 7. The lowest BCUT2D eigenvalue weighted by Crippen LogP contribution is -2.01. The Labute approximate surface area is 191 Å². The first-order valence-corrected chi connectivity index (χ1v) is 10.3. The second kappa shape index (κ2) is 10.5. The third-order valence-electron chi connectivity index (χ3n) is 4.36. The molecule has 6 heteroatoms. The summed E-state index contributed by atoms with van der Waals surface area (Å²) in [5, 5.41) is 19.8. The molecule has 0 bridgehead atoms. The lowest BCUT2D eigenvalue weighted by Gasteiger charge is -2.15. The van der Waals surface area contributed by atoms with Gasteiger partial charge in [-0.05, 0) is 66.1 Å². The fourth-order valence-electron chi connectivity index (χ4n) is 2.91. The van der Waals surface area contributed by atoms with E-state index in [4.69, 9.17) is 37.9 Å². The molecular weight excluding hydrogens is 431 g/mol. The van der Waals surface area contributed by atoms with Gasteiger partial charge in [-0.3, -0.25) is 0 Å². The molecule has 0 unspecified atom stereocenters. The van der Waals surface area contributed by atoms with E-state index in [2.05, 4.69) is 12.1 Å². The zero-order valence-electron chi connectivity index (χ0n) is 16.7. The highest BCUT2D eigenvalue weighted by Crippen LogP contribution is 2.38. The number of nitriles is 2. The molecule has 3 rings (SSSR count). The minimum absolute atomic E-state index is 0.302. The van der Waals surface area contributed by atoms with Gasteiger partial charge in [0.25, 0.3) is 0 Å². The first kappa shape index (κ1) is 22.2. The number of allylic oxidation sites excluding steroid dienone is 1. The van der Waals surface area contributed by atoms with Gasteiger partial charge in [0, 0.05) is 5.02 Å². The highest BCUT2D eigenvalue weighted by atomic mass is 35.5. The first-order chi connectivity index (χ1) is 15.0. The van der Waals surface area contributed by atoms with E-state index >= 15 is 0 Å². The summed E-state index contributed by atoms with van der Waals surface area (Å²) in [6.45, 7) is 2.60. The van der Waals surface area contributed by atoms with Crippen LogP contribution >= 0.6 is 23.2 Å². The number of hydrogen-bond acceptors (Lipinski definition) is 4. The number of hydrogen-bond donors (Lipinski definition) is 0. The molecular formula is C25H18Cl2N2O2. The zero-order chi connectivity index (χ0) is 22.2. The molecule has 0 radical (unpaired) electrons. The summed E-state index contributed by atoms with van der Waals surface area (Å²) in [4.78, 5) is 0. The fraction of sp³-hybridized carbons (Fsp3) is 0.120. The van der Waals surface area contributed by atoms with Crippen molar-refractivity contribution < 1.29 is 9.47 Å². The van der Waals surface area contributed by atoms with Gasteiger partial charge < -0.3 is 9.47 Å². The summed E-state index contributed by atoms with van der Waals surface area (Å²) in [5.41, 5.74) is 3.17. The molecule has 0 saturated heterocycles. The van der Waals surface area contributed by atoms with Gasteiger partial charge in [0.2, 0.25) is 0 Å². The smallest absolute Gasteiger partial charge is 0.180 e. The Morgan fingerprint density at radius 2 is 1.77 bits per heavy atom. The Hall–Kier alpha value is -3.44. The van der Waals surface area contributed by atoms with Crippen molar-refractivity contribution in [2.45, 2.75) is 13.5 Å². The summed E-state index contributed by atoms with van der Waals surface area (Å²) in [6, 6.07) is 22.0. The van der Waals surface area contributed by atoms with Crippen LogP contribution in [0.1, 0.15) is 29.2 Å². The van der Waals surface area contributed by atoms with E-state index in [1.54, 1.807) is 54.6 Å². The summed E-state index contributed by atoms with van der Waals surface area (Å²) >= 11 is 12.4. The lowest BCUT2D eigenvalue weighted by atomic mass is 10.0. The predicted octanol–water partition coefficient (Wildman–Crippen LogP) is 6.91. The molecule has 31 heavy (non-hydrogen) atoms. The van der Waals surface area contributed by atoms with E-state index in [1.807, 2.05) is 19.1 Å². The number of halogens is 2. The Morgan fingerprint density at radius 3 is 2.45 bits per heavy atom. The van der Waals surface area contributed by atoms with E-state index < -0.39 is 0 Å². The van der Waals surface area contributed by atoms with Gasteiger partial charge >= 0.3 is 0 Å². The standard InChI is InChI=1S/C25H18Cl2N2O2/c1-2-30-24-13-19(11-21(15-29)20-5-3-4-18(10-20)14-28)12-23(27)25(24)31-16-17-6-8-22(26)9-7-17/h3-13H,2,16H2,1H3/b21-11-. The molecule has 0 heterocycles. The summed E-state index contributed by atoms with van der Waals surface area (Å²) in [7, 11) is 0. The van der Waals surface area contributed by atoms with Crippen molar-refractivity contribution >= 4 is 34.9 Å². The third-order valence-corrected chi connectivity index (χ3v) is 4.89. The molecule has 4 nitrogen and oxygen atoms in total. The number of nitrogens with zero attached hydrogens (tertiary/aromatic N) is 2. The average molecular weight is 449 g/mol. The first-order valence-electron chi connectivity index (χ1n) is 9.50. The molecule has 0 atom stereocenters. The van der Waals surface area contributed by atoms with Crippen molar-refractivity contribution in [1.29, 1.82) is 10.5 Å². The molecule has 0 spiro atoms. The Morgan fingerprint density at radius 1 is 1.00 bits per heavy atom. The van der Waals surface area contributed by atoms with Crippen molar-refractivity contribution in [3.8, 4) is 23.6 Å². The van der Waals surface area contributed by atoms with Crippen LogP contribution in [-0.4, -0.2) is 6.61 Å². The maximum Gasteiger partial charge on any atom is 0.180 e. The Balaban J connectivity index is 1.93. The molecule has 0 aliphatic rings. The van der Waals surface area contributed by atoms with E-state index in [-0.39, 0.29) is 0 Å². The maximum absolute atomic E-state index is 9.63. The third kappa shape index (κ3) is 5.80. The van der Waals surface area contributed by atoms with Gasteiger partial charge in [-0.15, -0.1) is 0 Å². The maximum atomic E-state index is 9.63. The monoisotopic (exact) mass is 448 g/mol. The Kier molecular flexibility index (Phi) is 7.57. The topological polar surface area (TPSA) is 66.0 Å². The highest BCUT2D eigenvalue weighted by Gasteiger charge is 2.13. The highest BCUT2D eigenvalue weighted by molar-refractivity contribution is 6.32. The second-order valence-electron chi connectivity index (χ2n) is 6.54. The fourth-order valence-corrected chi connectivity index (χ4v) is 3.31. The van der Waals surface area contributed by atoms with E-state index in [1.165, 1.54) is 0 Å². The number of ether oxygens (including phenoxy) is 2. The largest absolute Gasteiger partial charge is 0.490 e. The molecule has 0 N–H and O–H groups in total. The van der Waals surface area contributed by atoms with E-state index in [9.17, 15) is 5.26 Å². The average Bonchev–Trinajstić information content (AvgIpc) is 2.78. The SMILES string of the molecule is CCOc1cc(/C=C(/C#N)c2cccc(C#N)c2)cc(Cl)c1OCc1ccc(Cl)cc1. The van der Waals surface area contributed by atoms with Crippen LogP contribution < -0.4 is 9.47 Å². The molecule has 0 saturated carbocycles. The molecule has 0 aromatic heterocycles. The van der Waals surface area contributed by atoms with Gasteiger partial charge in [0.1, 0.15) is 6.61 Å². The Bertz CT molecular complexity index is 1190. The molecule has 154 valence electrons. The minimum atomic E-state index is 0.302. The molecule has 0 aliphatic carbocycles. The molecule has 0 amide bonds. The van der Waals surface area contributed by atoms with Crippen LogP contribution in [0.3, 0.4) is 0 Å². The lowest BCUT2D eigenvalue weighted by molar-refractivity contribution is 0.269. The van der Waals surface area contributed by atoms with Crippen LogP contribution in [0.2, 0.25) is 10.0 Å². The van der Waals surface area contributed by atoms with Crippen LogP contribution in [0, 0.1) is 22.7 Å². The van der Waals surface area contributed by atoms with Gasteiger partial charge in [-0.1, -0.05) is 47.5 Å².